The number of benzene rings is 2. The summed E-state index contributed by atoms with van der Waals surface area (Å²) in [4.78, 5) is 12.2. The van der Waals surface area contributed by atoms with Crippen molar-refractivity contribution in [2.45, 2.75) is 64.7 Å². The van der Waals surface area contributed by atoms with Crippen molar-refractivity contribution < 1.29 is 9.90 Å². The van der Waals surface area contributed by atoms with Crippen LogP contribution in [0.15, 0.2) is 48.5 Å². The Labute approximate surface area is 174 Å². The third-order valence-corrected chi connectivity index (χ3v) is 6.70. The molecule has 1 fully saturated rings. The molecule has 2 aromatic carbocycles. The predicted octanol–water partition coefficient (Wildman–Crippen LogP) is 6.78. The number of hydrogen-bond acceptors (Lipinski definition) is 2. The van der Waals surface area contributed by atoms with Gasteiger partial charge in [0.15, 0.2) is 0 Å². The second-order valence-electron chi connectivity index (χ2n) is 8.54. The molecule has 0 bridgehead atoms. The Morgan fingerprint density at radius 3 is 2.21 bits per heavy atom. The van der Waals surface area contributed by atoms with Crippen molar-refractivity contribution in [3.8, 4) is 17.2 Å². The lowest BCUT2D eigenvalue weighted by atomic mass is 9.61. The summed E-state index contributed by atoms with van der Waals surface area (Å²) >= 11 is 0. The van der Waals surface area contributed by atoms with Gasteiger partial charge in [-0.2, -0.15) is 5.26 Å². The van der Waals surface area contributed by atoms with Crippen molar-refractivity contribution in [2.75, 3.05) is 0 Å². The van der Waals surface area contributed by atoms with E-state index in [-0.39, 0.29) is 0 Å². The van der Waals surface area contributed by atoms with Gasteiger partial charge in [-0.15, -0.1) is 0 Å². The highest BCUT2D eigenvalue weighted by molar-refractivity contribution is 5.75. The fourth-order valence-electron chi connectivity index (χ4n) is 5.13. The molecule has 3 unspecified atom stereocenters. The normalized spacial score (nSPS) is 24.0. The number of nitriles is 1. The maximum Gasteiger partial charge on any atom is 0.309 e. The molecule has 3 rings (SSSR count). The minimum Gasteiger partial charge on any atom is -0.481 e. The van der Waals surface area contributed by atoms with Gasteiger partial charge in [0.05, 0.1) is 17.0 Å². The molecule has 0 aliphatic heterocycles. The SMILES string of the molecule is CCCC1CCC(CCC)(C(=O)O)CC1c1ccc(-c2ccc(C#N)cc2)cc1. The van der Waals surface area contributed by atoms with E-state index in [2.05, 4.69) is 44.2 Å². The summed E-state index contributed by atoms with van der Waals surface area (Å²) in [5.41, 5.74) is 3.57. The Hall–Kier alpha value is -2.60. The van der Waals surface area contributed by atoms with Crippen LogP contribution in [0.4, 0.5) is 0 Å². The summed E-state index contributed by atoms with van der Waals surface area (Å²) < 4.78 is 0. The van der Waals surface area contributed by atoms with Gasteiger partial charge in [0.2, 0.25) is 0 Å². The molecule has 1 saturated carbocycles. The molecule has 3 atom stereocenters. The largest absolute Gasteiger partial charge is 0.481 e. The first-order chi connectivity index (χ1) is 14.0. The molecule has 0 aromatic heterocycles. The molecule has 0 saturated heterocycles. The molecule has 29 heavy (non-hydrogen) atoms. The summed E-state index contributed by atoms with van der Waals surface area (Å²) in [6.07, 6.45) is 6.53. The molecule has 1 N–H and O–H groups in total. The van der Waals surface area contributed by atoms with Gasteiger partial charge in [0.1, 0.15) is 0 Å². The van der Waals surface area contributed by atoms with Crippen LogP contribution in [0.5, 0.6) is 0 Å². The number of carboxylic acids is 1. The fourth-order valence-corrected chi connectivity index (χ4v) is 5.13. The molecule has 1 aliphatic rings. The highest BCUT2D eigenvalue weighted by atomic mass is 16.4. The Morgan fingerprint density at radius 2 is 1.69 bits per heavy atom. The zero-order valence-corrected chi connectivity index (χ0v) is 17.5. The number of aliphatic carboxylic acids is 1. The van der Waals surface area contributed by atoms with E-state index in [0.29, 0.717) is 17.4 Å². The van der Waals surface area contributed by atoms with Crippen LogP contribution in [0.1, 0.15) is 75.8 Å². The Kier molecular flexibility index (Phi) is 6.75. The van der Waals surface area contributed by atoms with E-state index < -0.39 is 11.4 Å². The van der Waals surface area contributed by atoms with E-state index in [1.165, 1.54) is 5.56 Å². The van der Waals surface area contributed by atoms with Crippen LogP contribution in [0, 0.1) is 22.7 Å². The molecule has 3 nitrogen and oxygen atoms in total. The first kappa shape index (κ1) is 21.1. The first-order valence-corrected chi connectivity index (χ1v) is 10.9. The van der Waals surface area contributed by atoms with Gasteiger partial charge >= 0.3 is 5.97 Å². The number of nitrogens with zero attached hydrogens (tertiary/aromatic N) is 1. The van der Waals surface area contributed by atoms with Crippen LogP contribution < -0.4 is 0 Å². The van der Waals surface area contributed by atoms with Crippen molar-refractivity contribution >= 4 is 5.97 Å². The molecule has 0 radical (unpaired) electrons. The first-order valence-electron chi connectivity index (χ1n) is 10.9. The van der Waals surface area contributed by atoms with E-state index in [4.69, 9.17) is 5.26 Å². The van der Waals surface area contributed by atoms with Crippen molar-refractivity contribution in [3.63, 3.8) is 0 Å². The number of hydrogen-bond donors (Lipinski definition) is 1. The predicted molar refractivity (Wildman–Crippen MR) is 117 cm³/mol. The maximum atomic E-state index is 12.2. The van der Waals surface area contributed by atoms with Gasteiger partial charge in [-0.1, -0.05) is 69.5 Å². The van der Waals surface area contributed by atoms with E-state index >= 15 is 0 Å². The lowest BCUT2D eigenvalue weighted by Crippen LogP contribution is -2.39. The van der Waals surface area contributed by atoms with E-state index in [0.717, 1.165) is 56.1 Å². The molecule has 2 aromatic rings. The Morgan fingerprint density at radius 1 is 1.07 bits per heavy atom. The van der Waals surface area contributed by atoms with Crippen molar-refractivity contribution in [3.05, 3.63) is 59.7 Å². The van der Waals surface area contributed by atoms with Crippen molar-refractivity contribution in [1.82, 2.24) is 0 Å². The fraction of sp³-hybridized carbons (Fsp3) is 0.462. The topological polar surface area (TPSA) is 61.1 Å². The molecule has 3 heteroatoms. The minimum atomic E-state index is -0.617. The van der Waals surface area contributed by atoms with Gasteiger partial charge < -0.3 is 5.11 Å². The summed E-state index contributed by atoms with van der Waals surface area (Å²) in [6, 6.07) is 18.4. The van der Waals surface area contributed by atoms with Crippen LogP contribution in [0.25, 0.3) is 11.1 Å². The lowest BCUT2D eigenvalue weighted by Gasteiger charge is -2.42. The highest BCUT2D eigenvalue weighted by Crippen LogP contribution is 2.51. The van der Waals surface area contributed by atoms with Crippen LogP contribution in [0.3, 0.4) is 0 Å². The van der Waals surface area contributed by atoms with Gasteiger partial charge in [-0.25, -0.2) is 0 Å². The second kappa shape index (κ2) is 9.27. The molecule has 0 amide bonds. The van der Waals surface area contributed by atoms with E-state index in [1.807, 2.05) is 24.3 Å². The van der Waals surface area contributed by atoms with Gasteiger partial charge in [-0.3, -0.25) is 4.79 Å². The van der Waals surface area contributed by atoms with Crippen LogP contribution in [0.2, 0.25) is 0 Å². The summed E-state index contributed by atoms with van der Waals surface area (Å²) in [5.74, 6) is 0.250. The summed E-state index contributed by atoms with van der Waals surface area (Å²) in [7, 11) is 0. The van der Waals surface area contributed by atoms with Gasteiger partial charge in [0.25, 0.3) is 0 Å². The standard InChI is InChI=1S/C26H31NO2/c1-3-5-22-14-16-26(15-4-2,25(28)29)17-24(22)23-12-10-21(11-13-23)20-8-6-19(18-27)7-9-20/h6-13,22,24H,3-5,14-17H2,1-2H3,(H,28,29). The van der Waals surface area contributed by atoms with E-state index in [9.17, 15) is 9.90 Å². The number of rotatable bonds is 7. The van der Waals surface area contributed by atoms with Gasteiger partial charge in [0, 0.05) is 0 Å². The monoisotopic (exact) mass is 389 g/mol. The van der Waals surface area contributed by atoms with E-state index in [1.54, 1.807) is 0 Å². The minimum absolute atomic E-state index is 0.307. The molecule has 152 valence electrons. The second-order valence-corrected chi connectivity index (χ2v) is 8.54. The molecular weight excluding hydrogens is 358 g/mol. The lowest BCUT2D eigenvalue weighted by molar-refractivity contribution is -0.153. The summed E-state index contributed by atoms with van der Waals surface area (Å²) in [5, 5.41) is 19.0. The van der Waals surface area contributed by atoms with Crippen molar-refractivity contribution in [2.24, 2.45) is 11.3 Å². The third kappa shape index (κ3) is 4.53. The average molecular weight is 390 g/mol. The highest BCUT2D eigenvalue weighted by Gasteiger charge is 2.45. The zero-order valence-electron chi connectivity index (χ0n) is 17.5. The third-order valence-electron chi connectivity index (χ3n) is 6.70. The van der Waals surface area contributed by atoms with Gasteiger partial charge in [-0.05, 0) is 66.3 Å². The molecule has 1 aliphatic carbocycles. The van der Waals surface area contributed by atoms with Crippen LogP contribution >= 0.6 is 0 Å². The quantitative estimate of drug-likeness (QED) is 0.567. The molecule has 0 spiro atoms. The van der Waals surface area contributed by atoms with Crippen LogP contribution in [-0.4, -0.2) is 11.1 Å². The Bertz CT molecular complexity index is 863. The summed E-state index contributed by atoms with van der Waals surface area (Å²) in [6.45, 7) is 4.31. The number of carbonyl (C=O) groups is 1. The van der Waals surface area contributed by atoms with Crippen LogP contribution in [-0.2, 0) is 4.79 Å². The zero-order chi connectivity index (χ0) is 20.9. The Balaban J connectivity index is 1.88. The smallest absolute Gasteiger partial charge is 0.309 e. The molecular formula is C26H31NO2. The average Bonchev–Trinajstić information content (AvgIpc) is 2.75. The maximum absolute atomic E-state index is 12.2. The van der Waals surface area contributed by atoms with Crippen molar-refractivity contribution in [1.29, 1.82) is 5.26 Å². The molecule has 0 heterocycles. The number of carboxylic acid groups (broad SMARTS) is 1.